The molecule has 1 aliphatic carbocycles. The van der Waals surface area contributed by atoms with Crippen molar-refractivity contribution in [3.05, 3.63) is 12.2 Å². The fourth-order valence-electron chi connectivity index (χ4n) is 1.67. The van der Waals surface area contributed by atoms with E-state index in [-0.39, 0.29) is 11.8 Å². The summed E-state index contributed by atoms with van der Waals surface area (Å²) in [7, 11) is 0. The third-order valence-corrected chi connectivity index (χ3v) is 2.40. The molecule has 0 saturated heterocycles. The average molecular weight is 199 g/mol. The summed E-state index contributed by atoms with van der Waals surface area (Å²) >= 11 is 0. The van der Waals surface area contributed by atoms with Crippen molar-refractivity contribution in [3.63, 3.8) is 0 Å². The van der Waals surface area contributed by atoms with Crippen molar-refractivity contribution in [2.45, 2.75) is 32.0 Å². The molecule has 14 heavy (non-hydrogen) atoms. The Morgan fingerprint density at radius 1 is 1.50 bits per heavy atom. The summed E-state index contributed by atoms with van der Waals surface area (Å²) in [5.74, 6) is -0.242. The fraction of sp³-hybridized carbons (Fsp3) is 0.700. The summed E-state index contributed by atoms with van der Waals surface area (Å²) in [4.78, 5) is 11.0. The molecule has 1 rings (SSSR count). The highest BCUT2D eigenvalue weighted by Gasteiger charge is 2.29. The van der Waals surface area contributed by atoms with Crippen molar-refractivity contribution < 1.29 is 15.0 Å². The summed E-state index contributed by atoms with van der Waals surface area (Å²) in [6.45, 7) is 2.44. The topological polar surface area (TPSA) is 69.6 Å². The summed E-state index contributed by atoms with van der Waals surface area (Å²) < 4.78 is 0. The van der Waals surface area contributed by atoms with Crippen LogP contribution in [0, 0.1) is 5.92 Å². The zero-order valence-corrected chi connectivity index (χ0v) is 8.31. The van der Waals surface area contributed by atoms with Gasteiger partial charge in [-0.2, -0.15) is 0 Å². The van der Waals surface area contributed by atoms with E-state index in [2.05, 4.69) is 5.32 Å². The molecule has 0 aromatic rings. The summed E-state index contributed by atoms with van der Waals surface area (Å²) in [6, 6.07) is 0. The van der Waals surface area contributed by atoms with Crippen LogP contribution in [0.3, 0.4) is 0 Å². The molecule has 4 heteroatoms. The van der Waals surface area contributed by atoms with Gasteiger partial charge in [-0.25, -0.2) is 0 Å². The lowest BCUT2D eigenvalue weighted by Crippen LogP contribution is -2.20. The van der Waals surface area contributed by atoms with E-state index >= 15 is 0 Å². The van der Waals surface area contributed by atoms with Crippen molar-refractivity contribution in [3.8, 4) is 0 Å². The van der Waals surface area contributed by atoms with Gasteiger partial charge in [-0.1, -0.05) is 6.08 Å². The number of carbonyl (C=O) groups is 1. The molecule has 3 N–H and O–H groups in total. The minimum Gasteiger partial charge on any atom is -0.393 e. The van der Waals surface area contributed by atoms with E-state index in [9.17, 15) is 15.0 Å². The van der Waals surface area contributed by atoms with Crippen molar-refractivity contribution >= 4 is 5.91 Å². The van der Waals surface area contributed by atoms with Crippen LogP contribution < -0.4 is 5.32 Å². The van der Waals surface area contributed by atoms with Crippen molar-refractivity contribution in [1.82, 2.24) is 5.32 Å². The van der Waals surface area contributed by atoms with Gasteiger partial charge in [-0.05, 0) is 25.8 Å². The maximum atomic E-state index is 11.0. The molecular formula is C10H17NO3. The lowest BCUT2D eigenvalue weighted by Gasteiger charge is -2.07. The van der Waals surface area contributed by atoms with Crippen molar-refractivity contribution in [2.24, 2.45) is 5.92 Å². The average Bonchev–Trinajstić information content (AvgIpc) is 2.42. The quantitative estimate of drug-likeness (QED) is 0.552. The Balaban J connectivity index is 2.40. The van der Waals surface area contributed by atoms with E-state index < -0.39 is 12.2 Å². The van der Waals surface area contributed by atoms with Gasteiger partial charge >= 0.3 is 0 Å². The lowest BCUT2D eigenvalue weighted by molar-refractivity contribution is -0.116. The number of nitrogens with one attached hydrogen (secondary N) is 1. The highest BCUT2D eigenvalue weighted by atomic mass is 16.3. The summed E-state index contributed by atoms with van der Waals surface area (Å²) in [6.07, 6.45) is 3.09. The molecule has 1 saturated carbocycles. The van der Waals surface area contributed by atoms with E-state index in [0.29, 0.717) is 19.4 Å². The van der Waals surface area contributed by atoms with Crippen molar-refractivity contribution in [2.75, 3.05) is 6.54 Å². The van der Waals surface area contributed by atoms with Crippen molar-refractivity contribution in [1.29, 1.82) is 0 Å². The van der Waals surface area contributed by atoms with Crippen LogP contribution in [0.5, 0.6) is 0 Å². The summed E-state index contributed by atoms with van der Waals surface area (Å²) in [5.41, 5.74) is 0. The lowest BCUT2D eigenvalue weighted by atomic mass is 10.1. The molecule has 1 fully saturated rings. The molecule has 0 bridgehead atoms. The predicted octanol–water partition coefficient (Wildman–Crippen LogP) is -0.190. The minimum atomic E-state index is -0.518. The maximum Gasteiger partial charge on any atom is 0.243 e. The van der Waals surface area contributed by atoms with Crippen LogP contribution in [0.2, 0.25) is 0 Å². The first-order valence-corrected chi connectivity index (χ1v) is 4.95. The molecule has 0 aliphatic heterocycles. The van der Waals surface area contributed by atoms with Gasteiger partial charge in [-0.3, -0.25) is 4.79 Å². The Labute approximate surface area is 83.6 Å². The van der Waals surface area contributed by atoms with Gasteiger partial charge in [-0.15, -0.1) is 0 Å². The highest BCUT2D eigenvalue weighted by Crippen LogP contribution is 2.26. The number of aliphatic hydroxyl groups excluding tert-OH is 2. The molecule has 0 aromatic carbocycles. The van der Waals surface area contributed by atoms with Gasteiger partial charge in [0, 0.05) is 12.5 Å². The molecule has 0 unspecified atom stereocenters. The highest BCUT2D eigenvalue weighted by molar-refractivity contribution is 5.87. The molecule has 0 spiro atoms. The van der Waals surface area contributed by atoms with Crippen LogP contribution >= 0.6 is 0 Å². The number of amides is 1. The van der Waals surface area contributed by atoms with Crippen LogP contribution in [-0.2, 0) is 4.79 Å². The van der Waals surface area contributed by atoms with E-state index in [1.54, 1.807) is 6.08 Å². The fourth-order valence-corrected chi connectivity index (χ4v) is 1.67. The van der Waals surface area contributed by atoms with E-state index in [1.807, 2.05) is 6.92 Å². The molecule has 1 aliphatic rings. The Morgan fingerprint density at radius 3 is 2.71 bits per heavy atom. The Morgan fingerprint density at radius 2 is 2.21 bits per heavy atom. The SMILES string of the molecule is CCNC(=O)/C=C/[C@@H]1C[C@H](O)C[C@@H]1O. The second-order valence-electron chi connectivity index (χ2n) is 3.61. The van der Waals surface area contributed by atoms with Crippen LogP contribution in [0.4, 0.5) is 0 Å². The normalized spacial score (nSPS) is 32.4. The number of rotatable bonds is 3. The zero-order valence-electron chi connectivity index (χ0n) is 8.31. The Bertz CT molecular complexity index is 227. The second kappa shape index (κ2) is 5.12. The molecule has 0 heterocycles. The van der Waals surface area contributed by atoms with Gasteiger partial charge < -0.3 is 15.5 Å². The molecular weight excluding hydrogens is 182 g/mol. The molecule has 1 amide bonds. The van der Waals surface area contributed by atoms with Crippen LogP contribution in [0.1, 0.15) is 19.8 Å². The van der Waals surface area contributed by atoms with Gasteiger partial charge in [0.15, 0.2) is 0 Å². The minimum absolute atomic E-state index is 0.0902. The Hall–Kier alpha value is -0.870. The number of carbonyl (C=O) groups excluding carboxylic acids is 1. The molecule has 4 nitrogen and oxygen atoms in total. The predicted molar refractivity (Wildman–Crippen MR) is 52.6 cm³/mol. The first-order valence-electron chi connectivity index (χ1n) is 4.95. The first-order chi connectivity index (χ1) is 6.63. The second-order valence-corrected chi connectivity index (χ2v) is 3.61. The van der Waals surface area contributed by atoms with Crippen LogP contribution in [-0.4, -0.2) is 34.9 Å². The summed E-state index contributed by atoms with van der Waals surface area (Å²) in [5, 5.41) is 21.3. The van der Waals surface area contributed by atoms with Gasteiger partial charge in [0.05, 0.1) is 12.2 Å². The number of hydrogen-bond acceptors (Lipinski definition) is 3. The molecule has 0 aromatic heterocycles. The van der Waals surface area contributed by atoms with E-state index in [0.717, 1.165) is 0 Å². The monoisotopic (exact) mass is 199 g/mol. The van der Waals surface area contributed by atoms with E-state index in [1.165, 1.54) is 6.08 Å². The number of hydrogen-bond donors (Lipinski definition) is 3. The molecule has 80 valence electrons. The number of likely N-dealkylation sites (N-methyl/N-ethyl adjacent to an activating group) is 1. The first kappa shape index (κ1) is 11.2. The molecule has 3 atom stereocenters. The number of aliphatic hydroxyl groups is 2. The Kier molecular flexibility index (Phi) is 4.10. The van der Waals surface area contributed by atoms with E-state index in [4.69, 9.17) is 0 Å². The zero-order chi connectivity index (χ0) is 10.6. The van der Waals surface area contributed by atoms with Crippen LogP contribution in [0.15, 0.2) is 12.2 Å². The standard InChI is InChI=1S/C10H17NO3/c1-2-11-10(14)4-3-7-5-8(12)6-9(7)13/h3-4,7-9,12-13H,2,5-6H2,1H3,(H,11,14)/b4-3+/t7-,8+,9+/m1/s1. The third-order valence-electron chi connectivity index (χ3n) is 2.40. The van der Waals surface area contributed by atoms with Gasteiger partial charge in [0.25, 0.3) is 0 Å². The van der Waals surface area contributed by atoms with Gasteiger partial charge in [0.2, 0.25) is 5.91 Å². The largest absolute Gasteiger partial charge is 0.393 e. The third kappa shape index (κ3) is 3.12. The molecule has 0 radical (unpaired) electrons. The van der Waals surface area contributed by atoms with Crippen LogP contribution in [0.25, 0.3) is 0 Å². The maximum absolute atomic E-state index is 11.0. The smallest absolute Gasteiger partial charge is 0.243 e. The van der Waals surface area contributed by atoms with Gasteiger partial charge in [0.1, 0.15) is 0 Å².